The topological polar surface area (TPSA) is 45.2 Å². The van der Waals surface area contributed by atoms with E-state index in [4.69, 9.17) is 0 Å². The van der Waals surface area contributed by atoms with Gasteiger partial charge in [0.25, 0.3) is 0 Å². The second kappa shape index (κ2) is 5.12. The molecular formula is C12H16FN3O. The van der Waals surface area contributed by atoms with Crippen LogP contribution in [0.25, 0.3) is 0 Å². The molecule has 0 bridgehead atoms. The molecule has 2 heterocycles. The molecule has 0 atom stereocenters. The molecule has 0 aromatic carbocycles. The van der Waals surface area contributed by atoms with Gasteiger partial charge in [-0.25, -0.2) is 4.79 Å². The Morgan fingerprint density at radius 2 is 2.24 bits per heavy atom. The third-order valence-electron chi connectivity index (χ3n) is 3.30. The number of likely N-dealkylation sites (tertiary alicyclic amines) is 1. The van der Waals surface area contributed by atoms with Crippen LogP contribution in [0.4, 0.5) is 9.28 Å². The van der Waals surface area contributed by atoms with Crippen molar-refractivity contribution < 1.29 is 9.28 Å². The average molecular weight is 237 g/mol. The molecule has 0 radical (unpaired) electrons. The second-order valence-electron chi connectivity index (χ2n) is 4.37. The number of carbonyl (C=O) groups excluding carboxylic acids is 1. The predicted octanol–water partition coefficient (Wildman–Crippen LogP) is 2.16. The maximum atomic E-state index is 12.0. The molecule has 2 amide bonds. The Labute approximate surface area is 99.8 Å². The van der Waals surface area contributed by atoms with Crippen molar-refractivity contribution in [3.63, 3.8) is 0 Å². The van der Waals surface area contributed by atoms with Crippen molar-refractivity contribution >= 4 is 6.03 Å². The van der Waals surface area contributed by atoms with E-state index >= 15 is 0 Å². The van der Waals surface area contributed by atoms with Gasteiger partial charge in [-0.3, -0.25) is 4.98 Å². The summed E-state index contributed by atoms with van der Waals surface area (Å²) in [5, 5.41) is 0. The lowest BCUT2D eigenvalue weighted by atomic mass is 9.91. The zero-order valence-corrected chi connectivity index (χ0v) is 9.82. The molecule has 0 aliphatic carbocycles. The van der Waals surface area contributed by atoms with Gasteiger partial charge < -0.3 is 4.90 Å². The van der Waals surface area contributed by atoms with Gasteiger partial charge in [0, 0.05) is 30.9 Å². The van der Waals surface area contributed by atoms with Crippen LogP contribution in [0.3, 0.4) is 0 Å². The largest absolute Gasteiger partial charge is 0.345 e. The molecule has 0 saturated carbocycles. The van der Waals surface area contributed by atoms with E-state index in [0.717, 1.165) is 18.5 Å². The Bertz CT molecular complexity index is 402. The summed E-state index contributed by atoms with van der Waals surface area (Å²) >= 11 is 0. The van der Waals surface area contributed by atoms with Crippen molar-refractivity contribution in [1.29, 1.82) is 0 Å². The summed E-state index contributed by atoms with van der Waals surface area (Å²) in [4.78, 5) is 17.0. The number of halogens is 1. The van der Waals surface area contributed by atoms with E-state index < -0.39 is 6.03 Å². The Hall–Kier alpha value is -1.65. The van der Waals surface area contributed by atoms with E-state index in [1.165, 1.54) is 16.0 Å². The molecule has 5 heteroatoms. The minimum atomic E-state index is -0.638. The van der Waals surface area contributed by atoms with Gasteiger partial charge in [-0.2, -0.15) is 5.54 Å². The van der Waals surface area contributed by atoms with Crippen LogP contribution in [0.2, 0.25) is 0 Å². The van der Waals surface area contributed by atoms with Crippen LogP contribution in [0, 0.1) is 6.92 Å². The lowest BCUT2D eigenvalue weighted by molar-refractivity contribution is 0.159. The fourth-order valence-corrected chi connectivity index (χ4v) is 2.34. The van der Waals surface area contributed by atoms with Gasteiger partial charge in [-0.1, -0.05) is 10.5 Å². The number of aromatic nitrogens is 1. The minimum Gasteiger partial charge on any atom is -0.323 e. The normalized spacial score (nSPS) is 16.9. The molecule has 1 aliphatic rings. The number of piperidine rings is 1. The minimum absolute atomic E-state index is 0.375. The Balaban J connectivity index is 2.00. The second-order valence-corrected chi connectivity index (χ2v) is 4.37. The van der Waals surface area contributed by atoms with E-state index in [1.807, 2.05) is 19.1 Å². The Morgan fingerprint density at radius 3 is 2.82 bits per heavy atom. The number of pyridine rings is 1. The van der Waals surface area contributed by atoms with Crippen LogP contribution in [0.1, 0.15) is 30.0 Å². The van der Waals surface area contributed by atoms with Crippen molar-refractivity contribution in [3.05, 3.63) is 29.6 Å². The highest BCUT2D eigenvalue weighted by atomic mass is 19.2. The maximum absolute atomic E-state index is 12.0. The zero-order valence-electron chi connectivity index (χ0n) is 9.82. The van der Waals surface area contributed by atoms with Gasteiger partial charge in [0.15, 0.2) is 0 Å². The SMILES string of the molecule is Cc1cccnc1C1CCN(C(=O)NF)CC1. The van der Waals surface area contributed by atoms with Gasteiger partial charge in [-0.05, 0) is 31.4 Å². The molecule has 2 rings (SSSR count). The average Bonchev–Trinajstić information content (AvgIpc) is 2.39. The third kappa shape index (κ3) is 2.54. The molecule has 1 fully saturated rings. The highest BCUT2D eigenvalue weighted by molar-refractivity contribution is 5.72. The third-order valence-corrected chi connectivity index (χ3v) is 3.30. The number of nitrogens with one attached hydrogen (secondary N) is 1. The summed E-state index contributed by atoms with van der Waals surface area (Å²) < 4.78 is 12.0. The van der Waals surface area contributed by atoms with Crippen molar-refractivity contribution in [2.24, 2.45) is 0 Å². The van der Waals surface area contributed by atoms with Gasteiger partial charge in [-0.15, -0.1) is 0 Å². The number of rotatable bonds is 1. The summed E-state index contributed by atoms with van der Waals surface area (Å²) in [6.45, 7) is 3.20. The van der Waals surface area contributed by atoms with Crippen molar-refractivity contribution in [2.45, 2.75) is 25.7 Å². The Kier molecular flexibility index (Phi) is 3.56. The molecule has 1 aliphatic heterocycles. The lowest BCUT2D eigenvalue weighted by Gasteiger charge is -2.31. The van der Waals surface area contributed by atoms with Gasteiger partial charge in [0.1, 0.15) is 0 Å². The van der Waals surface area contributed by atoms with E-state index in [0.29, 0.717) is 19.0 Å². The van der Waals surface area contributed by atoms with Crippen LogP contribution >= 0.6 is 0 Å². The highest BCUT2D eigenvalue weighted by Gasteiger charge is 2.25. The lowest BCUT2D eigenvalue weighted by Crippen LogP contribution is -2.41. The van der Waals surface area contributed by atoms with Crippen molar-refractivity contribution in [3.8, 4) is 0 Å². The van der Waals surface area contributed by atoms with Crippen LogP contribution in [0.15, 0.2) is 18.3 Å². The predicted molar refractivity (Wildman–Crippen MR) is 62.2 cm³/mol. The summed E-state index contributed by atoms with van der Waals surface area (Å²) in [5.74, 6) is 0.375. The first kappa shape index (κ1) is 11.8. The Morgan fingerprint density at radius 1 is 1.53 bits per heavy atom. The van der Waals surface area contributed by atoms with Crippen LogP contribution in [0.5, 0.6) is 0 Å². The van der Waals surface area contributed by atoms with E-state index in [2.05, 4.69) is 4.98 Å². The molecule has 17 heavy (non-hydrogen) atoms. The first-order valence-electron chi connectivity index (χ1n) is 5.79. The van der Waals surface area contributed by atoms with Crippen molar-refractivity contribution in [2.75, 3.05) is 13.1 Å². The van der Waals surface area contributed by atoms with E-state index in [-0.39, 0.29) is 0 Å². The molecule has 1 N–H and O–H groups in total. The zero-order chi connectivity index (χ0) is 12.3. The molecule has 1 aromatic rings. The summed E-state index contributed by atoms with van der Waals surface area (Å²) in [7, 11) is 0. The fraction of sp³-hybridized carbons (Fsp3) is 0.500. The molecule has 4 nitrogen and oxygen atoms in total. The molecule has 0 unspecified atom stereocenters. The monoisotopic (exact) mass is 237 g/mol. The standard InChI is InChI=1S/C12H16FN3O/c1-9-3-2-6-14-11(9)10-4-7-16(8-5-10)12(17)15-13/h2-3,6,10H,4-5,7-8H2,1H3,(H,15,17). The fourth-order valence-electron chi connectivity index (χ4n) is 2.34. The van der Waals surface area contributed by atoms with E-state index in [9.17, 15) is 9.28 Å². The van der Waals surface area contributed by atoms with Crippen molar-refractivity contribution in [1.82, 2.24) is 15.4 Å². The number of amides is 2. The number of aryl methyl sites for hydroxylation is 1. The van der Waals surface area contributed by atoms with Crippen LogP contribution < -0.4 is 5.54 Å². The molecule has 1 aromatic heterocycles. The number of nitrogens with zero attached hydrogens (tertiary/aromatic N) is 2. The van der Waals surface area contributed by atoms with Crippen LogP contribution in [-0.2, 0) is 0 Å². The van der Waals surface area contributed by atoms with Gasteiger partial charge in [0.2, 0.25) is 0 Å². The number of hydrogen-bond acceptors (Lipinski definition) is 2. The first-order valence-corrected chi connectivity index (χ1v) is 5.79. The van der Waals surface area contributed by atoms with Gasteiger partial charge >= 0.3 is 6.03 Å². The maximum Gasteiger partial charge on any atom is 0.345 e. The summed E-state index contributed by atoms with van der Waals surface area (Å²) in [6, 6.07) is 3.33. The number of carbonyl (C=O) groups is 1. The summed E-state index contributed by atoms with van der Waals surface area (Å²) in [5.41, 5.74) is 3.46. The van der Waals surface area contributed by atoms with Gasteiger partial charge in [0.05, 0.1) is 0 Å². The number of urea groups is 1. The smallest absolute Gasteiger partial charge is 0.323 e. The molecule has 1 saturated heterocycles. The number of hydrogen-bond donors (Lipinski definition) is 1. The quantitative estimate of drug-likeness (QED) is 0.761. The molecule has 0 spiro atoms. The molecular weight excluding hydrogens is 221 g/mol. The van der Waals surface area contributed by atoms with Crippen LogP contribution in [-0.4, -0.2) is 29.0 Å². The van der Waals surface area contributed by atoms with E-state index in [1.54, 1.807) is 6.20 Å². The molecule has 92 valence electrons. The first-order chi connectivity index (χ1) is 8.22. The highest BCUT2D eigenvalue weighted by Crippen LogP contribution is 2.28. The summed E-state index contributed by atoms with van der Waals surface area (Å²) in [6.07, 6.45) is 3.47.